The van der Waals surface area contributed by atoms with Crippen molar-refractivity contribution in [2.75, 3.05) is 5.32 Å². The van der Waals surface area contributed by atoms with E-state index in [4.69, 9.17) is 13.9 Å². The largest absolute Gasteiger partial charge is 0.486 e. The Hall–Kier alpha value is -3.35. The summed E-state index contributed by atoms with van der Waals surface area (Å²) < 4.78 is 29.4. The van der Waals surface area contributed by atoms with Crippen molar-refractivity contribution in [1.29, 1.82) is 0 Å². The minimum absolute atomic E-state index is 0.0165. The Morgan fingerprint density at radius 1 is 1.19 bits per heavy atom. The Morgan fingerprint density at radius 3 is 2.70 bits per heavy atom. The molecule has 1 amide bonds. The molecule has 27 heavy (non-hydrogen) atoms. The molecule has 0 bridgehead atoms. The lowest BCUT2D eigenvalue weighted by molar-refractivity contribution is 0.0992. The molecule has 2 aromatic heterocycles. The zero-order valence-electron chi connectivity index (χ0n) is 14.9. The van der Waals surface area contributed by atoms with Crippen LogP contribution >= 0.6 is 0 Å². The van der Waals surface area contributed by atoms with Gasteiger partial charge in [-0.2, -0.15) is 0 Å². The van der Waals surface area contributed by atoms with Gasteiger partial charge in [0, 0.05) is 18.0 Å². The lowest BCUT2D eigenvalue weighted by atomic mass is 10.3. The van der Waals surface area contributed by atoms with Crippen LogP contribution in [0.1, 0.15) is 30.2 Å². The lowest BCUT2D eigenvalue weighted by Crippen LogP contribution is -2.12. The molecule has 7 heteroatoms. The van der Waals surface area contributed by atoms with Crippen LogP contribution in [0.15, 0.2) is 59.1 Å². The van der Waals surface area contributed by atoms with Crippen LogP contribution in [0.2, 0.25) is 0 Å². The third kappa shape index (κ3) is 5.31. The van der Waals surface area contributed by atoms with Gasteiger partial charge in [-0.05, 0) is 56.3 Å². The molecule has 0 aliphatic rings. The van der Waals surface area contributed by atoms with Crippen molar-refractivity contribution >= 4 is 11.6 Å². The summed E-state index contributed by atoms with van der Waals surface area (Å²) in [6.45, 7) is 3.91. The first kappa shape index (κ1) is 18.4. The zero-order valence-corrected chi connectivity index (χ0v) is 14.9. The first-order valence-corrected chi connectivity index (χ1v) is 8.41. The molecule has 2 heterocycles. The third-order valence-corrected chi connectivity index (χ3v) is 3.43. The van der Waals surface area contributed by atoms with E-state index in [-0.39, 0.29) is 24.3 Å². The first-order chi connectivity index (χ1) is 13.0. The standard InChI is InChI=1S/C20H19FN2O4/c1-13(2)26-19-11-15(9-10-22-19)23-20(24)18-8-7-17(27-18)12-25-16-5-3-14(21)4-6-16/h3-11,13H,12H2,1-2H3,(H,22,23,24). The molecule has 0 atom stereocenters. The minimum atomic E-state index is -0.398. The minimum Gasteiger partial charge on any atom is -0.486 e. The van der Waals surface area contributed by atoms with Crippen molar-refractivity contribution in [3.63, 3.8) is 0 Å². The van der Waals surface area contributed by atoms with Gasteiger partial charge in [-0.15, -0.1) is 0 Å². The molecule has 6 nitrogen and oxygen atoms in total. The summed E-state index contributed by atoms with van der Waals surface area (Å²) in [5.41, 5.74) is 0.547. The van der Waals surface area contributed by atoms with Gasteiger partial charge in [0.25, 0.3) is 5.91 Å². The molecule has 0 saturated carbocycles. The van der Waals surface area contributed by atoms with Crippen LogP contribution in [-0.2, 0) is 6.61 Å². The van der Waals surface area contributed by atoms with E-state index in [0.29, 0.717) is 23.1 Å². The number of pyridine rings is 1. The van der Waals surface area contributed by atoms with E-state index in [2.05, 4.69) is 10.3 Å². The number of ether oxygens (including phenoxy) is 2. The molecular formula is C20H19FN2O4. The van der Waals surface area contributed by atoms with Crippen molar-refractivity contribution in [1.82, 2.24) is 4.98 Å². The van der Waals surface area contributed by atoms with E-state index in [0.717, 1.165) is 0 Å². The zero-order chi connectivity index (χ0) is 19.2. The maximum atomic E-state index is 12.9. The maximum absolute atomic E-state index is 12.9. The number of furan rings is 1. The van der Waals surface area contributed by atoms with Crippen molar-refractivity contribution < 1.29 is 23.1 Å². The van der Waals surface area contributed by atoms with Crippen LogP contribution in [0.5, 0.6) is 11.6 Å². The summed E-state index contributed by atoms with van der Waals surface area (Å²) >= 11 is 0. The van der Waals surface area contributed by atoms with Crippen molar-refractivity contribution in [2.45, 2.75) is 26.6 Å². The third-order valence-electron chi connectivity index (χ3n) is 3.43. The van der Waals surface area contributed by atoms with Gasteiger partial charge in [0.15, 0.2) is 5.76 Å². The highest BCUT2D eigenvalue weighted by Gasteiger charge is 2.13. The fraction of sp³-hybridized carbons (Fsp3) is 0.200. The molecule has 0 spiro atoms. The summed E-state index contributed by atoms with van der Waals surface area (Å²) in [7, 11) is 0. The predicted molar refractivity (Wildman–Crippen MR) is 97.4 cm³/mol. The van der Waals surface area contributed by atoms with Gasteiger partial charge in [-0.1, -0.05) is 0 Å². The molecule has 0 aliphatic heterocycles. The van der Waals surface area contributed by atoms with E-state index in [1.165, 1.54) is 24.3 Å². The molecule has 1 N–H and O–H groups in total. The van der Waals surface area contributed by atoms with E-state index in [9.17, 15) is 9.18 Å². The smallest absolute Gasteiger partial charge is 0.291 e. The van der Waals surface area contributed by atoms with Crippen molar-refractivity contribution in [3.8, 4) is 11.6 Å². The highest BCUT2D eigenvalue weighted by atomic mass is 19.1. The highest BCUT2D eigenvalue weighted by molar-refractivity contribution is 6.02. The van der Waals surface area contributed by atoms with Crippen LogP contribution in [0.3, 0.4) is 0 Å². The summed E-state index contributed by atoms with van der Waals surface area (Å²) in [4.78, 5) is 16.4. The Kier molecular flexibility index (Phi) is 5.71. The molecule has 0 fully saturated rings. The molecule has 3 rings (SSSR count). The van der Waals surface area contributed by atoms with Crippen molar-refractivity contribution in [3.05, 3.63) is 72.1 Å². The number of carbonyl (C=O) groups is 1. The van der Waals surface area contributed by atoms with E-state index >= 15 is 0 Å². The number of rotatable bonds is 7. The molecular weight excluding hydrogens is 351 g/mol. The summed E-state index contributed by atoms with van der Waals surface area (Å²) in [5, 5.41) is 2.73. The number of halogens is 1. The van der Waals surface area contributed by atoms with Gasteiger partial charge in [0.1, 0.15) is 23.9 Å². The SMILES string of the molecule is CC(C)Oc1cc(NC(=O)c2ccc(COc3ccc(F)cc3)o2)ccn1. The number of carbonyl (C=O) groups excluding carboxylic acids is 1. The number of nitrogens with zero attached hydrogens (tertiary/aromatic N) is 1. The topological polar surface area (TPSA) is 73.6 Å². The lowest BCUT2D eigenvalue weighted by Gasteiger charge is -2.10. The van der Waals surface area contributed by atoms with Gasteiger partial charge < -0.3 is 19.2 Å². The van der Waals surface area contributed by atoms with Gasteiger partial charge in [0.05, 0.1) is 6.10 Å². The summed E-state index contributed by atoms with van der Waals surface area (Å²) in [5.74, 6) is 0.824. The Labute approximate surface area is 155 Å². The van der Waals surface area contributed by atoms with Crippen LogP contribution in [0.4, 0.5) is 10.1 Å². The second kappa shape index (κ2) is 8.35. The molecule has 0 unspecified atom stereocenters. The maximum Gasteiger partial charge on any atom is 0.291 e. The van der Waals surface area contributed by atoms with E-state index in [1.54, 1.807) is 30.5 Å². The Morgan fingerprint density at radius 2 is 1.96 bits per heavy atom. The van der Waals surface area contributed by atoms with Crippen LogP contribution in [0, 0.1) is 5.82 Å². The number of hydrogen-bond donors (Lipinski definition) is 1. The van der Waals surface area contributed by atoms with Crippen LogP contribution in [-0.4, -0.2) is 17.0 Å². The number of hydrogen-bond acceptors (Lipinski definition) is 5. The molecule has 140 valence electrons. The second-order valence-corrected chi connectivity index (χ2v) is 6.01. The van der Waals surface area contributed by atoms with Crippen LogP contribution in [0.25, 0.3) is 0 Å². The number of benzene rings is 1. The average molecular weight is 370 g/mol. The number of aromatic nitrogens is 1. The highest BCUT2D eigenvalue weighted by Crippen LogP contribution is 2.18. The fourth-order valence-electron chi connectivity index (χ4n) is 2.25. The number of amides is 1. The number of anilines is 1. The normalized spacial score (nSPS) is 10.7. The molecule has 1 aromatic carbocycles. The van der Waals surface area contributed by atoms with Gasteiger partial charge in [0.2, 0.25) is 5.88 Å². The van der Waals surface area contributed by atoms with E-state index < -0.39 is 5.91 Å². The van der Waals surface area contributed by atoms with Crippen LogP contribution < -0.4 is 14.8 Å². The van der Waals surface area contributed by atoms with E-state index in [1.807, 2.05) is 13.8 Å². The van der Waals surface area contributed by atoms with Gasteiger partial charge in [-0.3, -0.25) is 4.79 Å². The first-order valence-electron chi connectivity index (χ1n) is 8.41. The quantitative estimate of drug-likeness (QED) is 0.666. The van der Waals surface area contributed by atoms with Crippen molar-refractivity contribution in [2.24, 2.45) is 0 Å². The van der Waals surface area contributed by atoms with Gasteiger partial charge >= 0.3 is 0 Å². The molecule has 0 saturated heterocycles. The monoisotopic (exact) mass is 370 g/mol. The molecule has 0 radical (unpaired) electrons. The average Bonchev–Trinajstić information content (AvgIpc) is 3.10. The fourth-order valence-corrected chi connectivity index (χ4v) is 2.25. The summed E-state index contributed by atoms with van der Waals surface area (Å²) in [6, 6.07) is 12.2. The Bertz CT molecular complexity index is 906. The van der Waals surface area contributed by atoms with Gasteiger partial charge in [-0.25, -0.2) is 9.37 Å². The number of nitrogens with one attached hydrogen (secondary N) is 1. The Balaban J connectivity index is 1.59. The summed E-state index contributed by atoms with van der Waals surface area (Å²) in [6.07, 6.45) is 1.54. The molecule has 0 aliphatic carbocycles. The molecule has 3 aromatic rings. The predicted octanol–water partition coefficient (Wildman–Crippen LogP) is 4.43. The second-order valence-electron chi connectivity index (χ2n) is 6.01.